The third-order valence-corrected chi connectivity index (χ3v) is 5.69. The predicted octanol–water partition coefficient (Wildman–Crippen LogP) is 3.28. The molecule has 1 N–H and O–H groups in total. The zero-order valence-electron chi connectivity index (χ0n) is 15.1. The highest BCUT2D eigenvalue weighted by Gasteiger charge is 2.22. The van der Waals surface area contributed by atoms with Gasteiger partial charge >= 0.3 is 5.97 Å². The number of carbonyl (C=O) groups excluding carboxylic acids is 1. The summed E-state index contributed by atoms with van der Waals surface area (Å²) in [6, 6.07) is 5.15. The Kier molecular flexibility index (Phi) is 5.20. The number of carbonyl (C=O) groups is 1. The van der Waals surface area contributed by atoms with Gasteiger partial charge in [0.1, 0.15) is 5.75 Å². The molecule has 0 amide bonds. The minimum atomic E-state index is -1.33. The van der Waals surface area contributed by atoms with Gasteiger partial charge in [-0.2, -0.15) is 0 Å². The standard InChI is InChI=1S/C19H20N2O4S/c1-11-8-20-16(12(2)18(11)24-3)10-26(23)17-9-21-15-6-5-13(7-14(15)17)19(22)25-4/h5-9,21H,10H2,1-4H3. The van der Waals surface area contributed by atoms with E-state index in [9.17, 15) is 9.35 Å². The van der Waals surface area contributed by atoms with Gasteiger partial charge in [-0.15, -0.1) is 0 Å². The molecular formula is C19H20N2O4S. The van der Waals surface area contributed by atoms with Gasteiger partial charge in [0, 0.05) is 17.3 Å². The molecule has 0 saturated carbocycles. The molecule has 0 saturated heterocycles. The van der Waals surface area contributed by atoms with Gasteiger partial charge < -0.3 is 19.0 Å². The van der Waals surface area contributed by atoms with Crippen molar-refractivity contribution >= 4 is 28.0 Å². The average Bonchev–Trinajstić information content (AvgIpc) is 3.07. The lowest BCUT2D eigenvalue weighted by atomic mass is 10.1. The zero-order valence-corrected chi connectivity index (χ0v) is 15.9. The number of nitrogens with zero attached hydrogens (tertiary/aromatic N) is 1. The van der Waals surface area contributed by atoms with Crippen LogP contribution in [0.5, 0.6) is 5.75 Å². The molecule has 136 valence electrons. The molecule has 0 aliphatic heterocycles. The number of aromatic amines is 1. The molecule has 3 aromatic rings. The smallest absolute Gasteiger partial charge is 0.337 e. The van der Waals surface area contributed by atoms with Crippen molar-refractivity contribution in [2.75, 3.05) is 14.2 Å². The summed E-state index contributed by atoms with van der Waals surface area (Å²) in [7, 11) is 2.95. The molecule has 0 aliphatic carbocycles. The summed E-state index contributed by atoms with van der Waals surface area (Å²) in [5, 5.41) is 0.739. The van der Waals surface area contributed by atoms with E-state index in [2.05, 4.69) is 9.97 Å². The van der Waals surface area contributed by atoms with Gasteiger partial charge in [0.2, 0.25) is 0 Å². The second kappa shape index (κ2) is 7.39. The van der Waals surface area contributed by atoms with Gasteiger partial charge in [0.25, 0.3) is 0 Å². The van der Waals surface area contributed by atoms with Crippen LogP contribution in [0.15, 0.2) is 35.5 Å². The van der Waals surface area contributed by atoms with Crippen LogP contribution in [0.3, 0.4) is 0 Å². The number of aromatic nitrogens is 2. The van der Waals surface area contributed by atoms with Crippen molar-refractivity contribution < 1.29 is 18.8 Å². The monoisotopic (exact) mass is 372 g/mol. The maximum atomic E-state index is 13.0. The van der Waals surface area contributed by atoms with Crippen molar-refractivity contribution in [2.45, 2.75) is 24.5 Å². The molecule has 26 heavy (non-hydrogen) atoms. The SMILES string of the molecule is COC(=O)c1ccc2[nH]cc([S+]([O-])Cc3ncc(C)c(OC)c3C)c2c1. The Bertz CT molecular complexity index is 968. The summed E-state index contributed by atoms with van der Waals surface area (Å²) in [5.74, 6) is 0.599. The first-order valence-corrected chi connectivity index (χ1v) is 9.35. The first-order valence-electron chi connectivity index (χ1n) is 8.03. The third kappa shape index (κ3) is 3.27. The second-order valence-corrected chi connectivity index (χ2v) is 7.36. The molecule has 1 unspecified atom stereocenters. The van der Waals surface area contributed by atoms with E-state index >= 15 is 0 Å². The Morgan fingerprint density at radius 3 is 2.77 bits per heavy atom. The molecule has 6 nitrogen and oxygen atoms in total. The van der Waals surface area contributed by atoms with E-state index in [-0.39, 0.29) is 5.75 Å². The molecule has 0 bridgehead atoms. The summed E-state index contributed by atoms with van der Waals surface area (Å²) in [6.45, 7) is 3.84. The van der Waals surface area contributed by atoms with Crippen LogP contribution in [-0.2, 0) is 21.7 Å². The van der Waals surface area contributed by atoms with E-state index in [0.717, 1.165) is 33.5 Å². The summed E-state index contributed by atoms with van der Waals surface area (Å²) in [5.41, 5.74) is 3.78. The summed E-state index contributed by atoms with van der Waals surface area (Å²) < 4.78 is 23.1. The number of benzene rings is 1. The van der Waals surface area contributed by atoms with E-state index in [1.165, 1.54) is 7.11 Å². The molecule has 0 spiro atoms. The van der Waals surface area contributed by atoms with Gasteiger partial charge in [0.05, 0.1) is 42.6 Å². The number of nitrogens with one attached hydrogen (secondary N) is 1. The Labute approximate surface area is 154 Å². The fourth-order valence-electron chi connectivity index (χ4n) is 2.95. The third-order valence-electron chi connectivity index (χ3n) is 4.33. The zero-order chi connectivity index (χ0) is 18.8. The number of esters is 1. The fraction of sp³-hybridized carbons (Fsp3) is 0.263. The van der Waals surface area contributed by atoms with Crippen LogP contribution in [0.25, 0.3) is 10.9 Å². The van der Waals surface area contributed by atoms with E-state index in [1.54, 1.807) is 37.7 Å². The van der Waals surface area contributed by atoms with Crippen LogP contribution in [-0.4, -0.2) is 34.7 Å². The number of pyridine rings is 1. The summed E-state index contributed by atoms with van der Waals surface area (Å²) >= 11 is -1.33. The van der Waals surface area contributed by atoms with Gasteiger partial charge in [-0.3, -0.25) is 4.98 Å². The maximum absolute atomic E-state index is 13.0. The number of methoxy groups -OCH3 is 2. The van der Waals surface area contributed by atoms with E-state index in [0.29, 0.717) is 10.5 Å². The van der Waals surface area contributed by atoms with E-state index in [4.69, 9.17) is 9.47 Å². The average molecular weight is 372 g/mol. The molecule has 7 heteroatoms. The van der Waals surface area contributed by atoms with Gasteiger partial charge in [-0.25, -0.2) is 4.79 Å². The van der Waals surface area contributed by atoms with E-state index < -0.39 is 17.1 Å². The maximum Gasteiger partial charge on any atom is 0.337 e. The quantitative estimate of drug-likeness (QED) is 0.548. The molecule has 2 aromatic heterocycles. The number of ether oxygens (including phenoxy) is 2. The van der Waals surface area contributed by atoms with Crippen LogP contribution in [0.4, 0.5) is 0 Å². The van der Waals surface area contributed by atoms with Crippen LogP contribution in [0.2, 0.25) is 0 Å². The van der Waals surface area contributed by atoms with Crippen molar-refractivity contribution in [3.8, 4) is 5.75 Å². The van der Waals surface area contributed by atoms with Gasteiger partial charge in [-0.1, -0.05) is 0 Å². The number of rotatable bonds is 5. The van der Waals surface area contributed by atoms with Crippen LogP contribution >= 0.6 is 0 Å². The van der Waals surface area contributed by atoms with Crippen molar-refractivity contribution in [3.05, 3.63) is 53.0 Å². The number of fused-ring (bicyclic) bond motifs is 1. The molecule has 0 fully saturated rings. The first kappa shape index (κ1) is 18.3. The number of hydrogen-bond acceptors (Lipinski definition) is 5. The minimum Gasteiger partial charge on any atom is -0.611 e. The molecule has 0 radical (unpaired) electrons. The number of H-pyrrole nitrogens is 1. The highest BCUT2D eigenvalue weighted by Crippen LogP contribution is 2.30. The normalized spacial score (nSPS) is 12.2. The van der Waals surface area contributed by atoms with Crippen molar-refractivity contribution in [2.24, 2.45) is 0 Å². The fourth-order valence-corrected chi connectivity index (χ4v) is 4.25. The Morgan fingerprint density at radius 1 is 1.31 bits per heavy atom. The Morgan fingerprint density at radius 2 is 2.08 bits per heavy atom. The summed E-state index contributed by atoms with van der Waals surface area (Å²) in [4.78, 5) is 19.9. The second-order valence-electron chi connectivity index (χ2n) is 5.94. The highest BCUT2D eigenvalue weighted by molar-refractivity contribution is 7.90. The van der Waals surface area contributed by atoms with Crippen molar-refractivity contribution in [3.63, 3.8) is 0 Å². The molecule has 3 rings (SSSR count). The van der Waals surface area contributed by atoms with Gasteiger partial charge in [-0.05, 0) is 43.2 Å². The molecular weight excluding hydrogens is 352 g/mol. The van der Waals surface area contributed by atoms with Gasteiger partial charge in [0.15, 0.2) is 10.6 Å². The Balaban J connectivity index is 1.95. The highest BCUT2D eigenvalue weighted by atomic mass is 32.2. The minimum absolute atomic E-state index is 0.262. The lowest BCUT2D eigenvalue weighted by Crippen LogP contribution is -2.09. The van der Waals surface area contributed by atoms with Crippen LogP contribution in [0.1, 0.15) is 27.2 Å². The van der Waals surface area contributed by atoms with Crippen molar-refractivity contribution in [1.29, 1.82) is 0 Å². The topological polar surface area (TPSA) is 87.3 Å². The molecule has 0 aliphatic rings. The van der Waals surface area contributed by atoms with Crippen molar-refractivity contribution in [1.82, 2.24) is 9.97 Å². The molecule has 2 heterocycles. The number of hydrogen-bond donors (Lipinski definition) is 1. The Hall–Kier alpha value is -2.51. The van der Waals surface area contributed by atoms with E-state index in [1.807, 2.05) is 13.8 Å². The van der Waals surface area contributed by atoms with Crippen LogP contribution < -0.4 is 4.74 Å². The molecule has 1 atom stereocenters. The first-order chi connectivity index (χ1) is 12.5. The lowest BCUT2D eigenvalue weighted by molar-refractivity contribution is 0.0601. The number of aryl methyl sites for hydroxylation is 1. The summed E-state index contributed by atoms with van der Waals surface area (Å²) in [6.07, 6.45) is 3.44. The predicted molar refractivity (Wildman–Crippen MR) is 100 cm³/mol. The largest absolute Gasteiger partial charge is 0.611 e. The van der Waals surface area contributed by atoms with Crippen LogP contribution in [0, 0.1) is 13.8 Å². The molecule has 1 aromatic carbocycles. The lowest BCUT2D eigenvalue weighted by Gasteiger charge is -2.14.